The molecule has 0 atom stereocenters. The zero-order valence-corrected chi connectivity index (χ0v) is 19.6. The molecule has 3 rings (SSSR count). The van der Waals surface area contributed by atoms with Crippen LogP contribution in [0.15, 0.2) is 34.7 Å². The quantitative estimate of drug-likeness (QED) is 0.713. The number of amides is 2. The number of hydrogen-bond donors (Lipinski definition) is 1. The zero-order valence-electron chi connectivity index (χ0n) is 18.8. The Morgan fingerprint density at radius 2 is 1.74 bits per heavy atom. The number of aromatic nitrogens is 1. The lowest BCUT2D eigenvalue weighted by molar-refractivity contribution is 0.0627. The van der Waals surface area contributed by atoms with Crippen molar-refractivity contribution in [2.75, 3.05) is 26.2 Å². The molecule has 7 nitrogen and oxygen atoms in total. The molecule has 1 saturated heterocycles. The van der Waals surface area contributed by atoms with Gasteiger partial charge in [-0.05, 0) is 31.2 Å². The number of thiophene rings is 1. The van der Waals surface area contributed by atoms with Gasteiger partial charge in [0.1, 0.15) is 11.1 Å². The van der Waals surface area contributed by atoms with E-state index in [0.717, 1.165) is 19.6 Å². The van der Waals surface area contributed by atoms with E-state index in [0.29, 0.717) is 25.6 Å². The first kappa shape index (κ1) is 23.2. The Balaban J connectivity index is 1.79. The van der Waals surface area contributed by atoms with Gasteiger partial charge in [-0.3, -0.25) is 19.3 Å². The van der Waals surface area contributed by atoms with E-state index in [4.69, 9.17) is 0 Å². The molecule has 0 radical (unpaired) electrons. The molecular formula is C23H32N4O3S. The maximum Gasteiger partial charge on any atom is 0.259 e. The van der Waals surface area contributed by atoms with Gasteiger partial charge in [-0.25, -0.2) is 0 Å². The topological polar surface area (TPSA) is 74.6 Å². The Labute approximate surface area is 187 Å². The molecule has 168 valence electrons. The van der Waals surface area contributed by atoms with Gasteiger partial charge in [-0.15, -0.1) is 11.3 Å². The largest absolute Gasteiger partial charge is 0.352 e. The van der Waals surface area contributed by atoms with Crippen LogP contribution in [0, 0.1) is 5.92 Å². The van der Waals surface area contributed by atoms with Crippen LogP contribution >= 0.6 is 11.3 Å². The minimum absolute atomic E-state index is 0.0246. The average molecular weight is 445 g/mol. The van der Waals surface area contributed by atoms with Crippen molar-refractivity contribution in [2.45, 2.75) is 46.8 Å². The van der Waals surface area contributed by atoms with Gasteiger partial charge in [-0.1, -0.05) is 19.9 Å². The Hall–Kier alpha value is -2.45. The lowest BCUT2D eigenvalue weighted by atomic mass is 10.1. The van der Waals surface area contributed by atoms with Gasteiger partial charge in [0, 0.05) is 62.6 Å². The molecule has 1 N–H and O–H groups in total. The van der Waals surface area contributed by atoms with E-state index in [-0.39, 0.29) is 23.1 Å². The molecule has 2 aromatic heterocycles. The highest BCUT2D eigenvalue weighted by Gasteiger charge is 2.26. The number of carbonyl (C=O) groups excluding carboxylic acids is 2. The van der Waals surface area contributed by atoms with Gasteiger partial charge >= 0.3 is 0 Å². The fourth-order valence-corrected chi connectivity index (χ4v) is 4.46. The molecule has 0 aromatic carbocycles. The van der Waals surface area contributed by atoms with Crippen LogP contribution in [0.4, 0.5) is 0 Å². The third-order valence-corrected chi connectivity index (χ3v) is 6.03. The van der Waals surface area contributed by atoms with Crippen molar-refractivity contribution in [3.63, 3.8) is 0 Å². The maximum atomic E-state index is 13.2. The summed E-state index contributed by atoms with van der Waals surface area (Å²) in [6.07, 6.45) is 3.17. The Morgan fingerprint density at radius 1 is 1.06 bits per heavy atom. The van der Waals surface area contributed by atoms with E-state index in [1.54, 1.807) is 33.2 Å². The molecule has 2 aromatic rings. The number of rotatable bonds is 7. The summed E-state index contributed by atoms with van der Waals surface area (Å²) >= 11 is 1.73. The van der Waals surface area contributed by atoms with E-state index in [1.807, 2.05) is 19.9 Å². The summed E-state index contributed by atoms with van der Waals surface area (Å²) in [6, 6.07) is 4.07. The molecular weight excluding hydrogens is 412 g/mol. The van der Waals surface area contributed by atoms with Crippen molar-refractivity contribution in [3.05, 3.63) is 56.1 Å². The van der Waals surface area contributed by atoms with Gasteiger partial charge in [-0.2, -0.15) is 0 Å². The number of carbonyl (C=O) groups is 2. The summed E-state index contributed by atoms with van der Waals surface area (Å²) in [5, 5.41) is 4.84. The molecule has 1 aliphatic rings. The van der Waals surface area contributed by atoms with Gasteiger partial charge in [0.15, 0.2) is 0 Å². The van der Waals surface area contributed by atoms with Crippen LogP contribution in [-0.2, 0) is 13.1 Å². The number of hydrogen-bond acceptors (Lipinski definition) is 5. The van der Waals surface area contributed by atoms with Crippen LogP contribution in [0.1, 0.15) is 53.3 Å². The van der Waals surface area contributed by atoms with E-state index >= 15 is 0 Å². The minimum Gasteiger partial charge on any atom is -0.352 e. The first-order valence-electron chi connectivity index (χ1n) is 10.8. The van der Waals surface area contributed by atoms with E-state index in [1.165, 1.54) is 4.88 Å². The lowest BCUT2D eigenvalue weighted by Crippen LogP contribution is -2.49. The van der Waals surface area contributed by atoms with Crippen LogP contribution in [0.3, 0.4) is 0 Å². The Bertz CT molecular complexity index is 958. The van der Waals surface area contributed by atoms with Crippen LogP contribution < -0.4 is 10.7 Å². The predicted molar refractivity (Wildman–Crippen MR) is 124 cm³/mol. The molecule has 8 heteroatoms. The van der Waals surface area contributed by atoms with Gasteiger partial charge in [0.05, 0.1) is 0 Å². The highest BCUT2D eigenvalue weighted by Crippen LogP contribution is 2.15. The van der Waals surface area contributed by atoms with Crippen LogP contribution in [0.2, 0.25) is 0 Å². The first-order chi connectivity index (χ1) is 14.7. The summed E-state index contributed by atoms with van der Waals surface area (Å²) in [7, 11) is 0. The van der Waals surface area contributed by atoms with Crippen molar-refractivity contribution in [1.29, 1.82) is 0 Å². The second kappa shape index (κ2) is 10.2. The van der Waals surface area contributed by atoms with Crippen LogP contribution in [0.25, 0.3) is 0 Å². The van der Waals surface area contributed by atoms with Gasteiger partial charge in [0.25, 0.3) is 11.8 Å². The first-order valence-corrected chi connectivity index (χ1v) is 11.7. The summed E-state index contributed by atoms with van der Waals surface area (Å²) in [5.74, 6) is -0.419. The molecule has 31 heavy (non-hydrogen) atoms. The molecule has 1 aliphatic heterocycles. The zero-order chi connectivity index (χ0) is 22.5. The normalized spacial score (nSPS) is 15.0. The van der Waals surface area contributed by atoms with Crippen molar-refractivity contribution >= 4 is 23.2 Å². The highest BCUT2D eigenvalue weighted by atomic mass is 32.1. The fourth-order valence-electron chi connectivity index (χ4n) is 3.71. The molecule has 1 fully saturated rings. The van der Waals surface area contributed by atoms with Crippen molar-refractivity contribution < 1.29 is 9.59 Å². The second-order valence-electron chi connectivity index (χ2n) is 8.78. The smallest absolute Gasteiger partial charge is 0.259 e. The molecule has 0 spiro atoms. The number of nitrogens with one attached hydrogen (secondary N) is 1. The average Bonchev–Trinajstić information content (AvgIpc) is 3.21. The van der Waals surface area contributed by atoms with Crippen LogP contribution in [0.5, 0.6) is 0 Å². The number of piperazine rings is 1. The van der Waals surface area contributed by atoms with Crippen molar-refractivity contribution in [3.8, 4) is 0 Å². The standard InChI is InChI=1S/C23H32N4O3S/c1-16(2)12-26-14-19(22(29)24-17(3)4)21(28)20(15-26)23(30)27-9-7-25(8-10-27)13-18-6-5-11-31-18/h5-6,11,14-17H,7-10,12-13H2,1-4H3,(H,24,29). The van der Waals surface area contributed by atoms with Crippen molar-refractivity contribution in [2.24, 2.45) is 5.92 Å². The fraction of sp³-hybridized carbons (Fsp3) is 0.522. The summed E-state index contributed by atoms with van der Waals surface area (Å²) in [4.78, 5) is 44.3. The molecule has 3 heterocycles. The van der Waals surface area contributed by atoms with Gasteiger partial charge < -0.3 is 14.8 Å². The third-order valence-electron chi connectivity index (χ3n) is 5.17. The SMILES string of the molecule is CC(C)Cn1cc(C(=O)NC(C)C)c(=O)c(C(=O)N2CCN(Cc3cccs3)CC2)c1. The van der Waals surface area contributed by atoms with E-state index in [2.05, 4.69) is 35.5 Å². The third kappa shape index (κ3) is 6.04. The monoisotopic (exact) mass is 444 g/mol. The Kier molecular flexibility index (Phi) is 7.67. The molecule has 0 aliphatic carbocycles. The second-order valence-corrected chi connectivity index (χ2v) is 9.81. The minimum atomic E-state index is -0.496. The van der Waals surface area contributed by atoms with Crippen LogP contribution in [-0.4, -0.2) is 58.4 Å². The molecule has 2 amide bonds. The van der Waals surface area contributed by atoms with Crippen molar-refractivity contribution in [1.82, 2.24) is 19.7 Å². The summed E-state index contributed by atoms with van der Waals surface area (Å²) in [6.45, 7) is 12.0. The summed E-state index contributed by atoms with van der Waals surface area (Å²) in [5.41, 5.74) is -0.399. The maximum absolute atomic E-state index is 13.2. The molecule has 0 unspecified atom stereocenters. The number of pyridine rings is 1. The number of nitrogens with zero attached hydrogens (tertiary/aromatic N) is 3. The van der Waals surface area contributed by atoms with Gasteiger partial charge in [0.2, 0.25) is 5.43 Å². The highest BCUT2D eigenvalue weighted by molar-refractivity contribution is 7.09. The molecule has 0 bridgehead atoms. The lowest BCUT2D eigenvalue weighted by Gasteiger charge is -2.34. The predicted octanol–water partition coefficient (Wildman–Crippen LogP) is 2.66. The van der Waals surface area contributed by atoms with E-state index in [9.17, 15) is 14.4 Å². The Morgan fingerprint density at radius 3 is 2.32 bits per heavy atom. The van der Waals surface area contributed by atoms with E-state index < -0.39 is 11.3 Å². The molecule has 0 saturated carbocycles. The summed E-state index contributed by atoms with van der Waals surface area (Å²) < 4.78 is 1.79.